The molecule has 0 aliphatic heterocycles. The summed E-state index contributed by atoms with van der Waals surface area (Å²) in [5.41, 5.74) is 1.28. The van der Waals surface area contributed by atoms with Crippen molar-refractivity contribution in [1.29, 1.82) is 0 Å². The molecule has 0 saturated carbocycles. The van der Waals surface area contributed by atoms with Crippen LogP contribution in [0.3, 0.4) is 0 Å². The molecule has 3 aromatic rings. The number of rotatable bonds is 9. The van der Waals surface area contributed by atoms with Crippen molar-refractivity contribution in [3.63, 3.8) is 0 Å². The molecule has 10 heteroatoms. The van der Waals surface area contributed by atoms with E-state index in [0.717, 1.165) is 5.56 Å². The van der Waals surface area contributed by atoms with Gasteiger partial charge < -0.3 is 19.5 Å². The van der Waals surface area contributed by atoms with Crippen LogP contribution in [0.4, 0.5) is 5.69 Å². The molecule has 0 radical (unpaired) electrons. The maximum absolute atomic E-state index is 13.0. The molecule has 0 spiro atoms. The third-order valence-electron chi connectivity index (χ3n) is 4.70. The Balaban J connectivity index is 1.85. The van der Waals surface area contributed by atoms with E-state index in [4.69, 9.17) is 25.8 Å². The third kappa shape index (κ3) is 6.16. The number of amides is 1. The molecule has 0 aliphatic rings. The minimum Gasteiger partial charge on any atom is -0.497 e. The first-order chi connectivity index (χ1) is 15.7. The van der Waals surface area contributed by atoms with E-state index in [1.54, 1.807) is 42.5 Å². The number of nitrogens with one attached hydrogen (secondary N) is 2. The lowest BCUT2D eigenvalue weighted by molar-refractivity contribution is 0.102. The van der Waals surface area contributed by atoms with E-state index in [2.05, 4.69) is 10.0 Å². The lowest BCUT2D eigenvalue weighted by Gasteiger charge is -2.13. The quantitative estimate of drug-likeness (QED) is 0.468. The molecular weight excluding hydrogens is 468 g/mol. The molecule has 3 aromatic carbocycles. The Morgan fingerprint density at radius 2 is 1.52 bits per heavy atom. The SMILES string of the molecule is COc1cc(NC(=O)c2ccc(OC)c(S(=O)(=O)NCc3ccc(Cl)cc3)c2)cc(OC)c1. The summed E-state index contributed by atoms with van der Waals surface area (Å²) < 4.78 is 44.1. The second-order valence-electron chi connectivity index (χ2n) is 6.87. The molecule has 174 valence electrons. The van der Waals surface area contributed by atoms with Gasteiger partial charge in [0.15, 0.2) is 0 Å². The van der Waals surface area contributed by atoms with Crippen LogP contribution >= 0.6 is 11.6 Å². The Bertz CT molecular complexity index is 1220. The van der Waals surface area contributed by atoms with Crippen LogP contribution in [0.2, 0.25) is 5.02 Å². The maximum atomic E-state index is 13.0. The first-order valence-electron chi connectivity index (χ1n) is 9.72. The van der Waals surface area contributed by atoms with Crippen molar-refractivity contribution >= 4 is 33.2 Å². The number of hydrogen-bond donors (Lipinski definition) is 2. The van der Waals surface area contributed by atoms with Gasteiger partial charge in [-0.15, -0.1) is 0 Å². The number of benzene rings is 3. The van der Waals surface area contributed by atoms with Crippen LogP contribution in [0.1, 0.15) is 15.9 Å². The van der Waals surface area contributed by atoms with E-state index in [9.17, 15) is 13.2 Å². The Labute approximate surface area is 197 Å². The van der Waals surface area contributed by atoms with Crippen molar-refractivity contribution in [3.05, 3.63) is 76.8 Å². The summed E-state index contributed by atoms with van der Waals surface area (Å²) >= 11 is 5.87. The van der Waals surface area contributed by atoms with E-state index in [-0.39, 0.29) is 22.8 Å². The molecule has 8 nitrogen and oxygen atoms in total. The fourth-order valence-electron chi connectivity index (χ4n) is 2.97. The molecule has 0 bridgehead atoms. The number of halogens is 1. The van der Waals surface area contributed by atoms with Crippen LogP contribution in [0.5, 0.6) is 17.2 Å². The standard InChI is InChI=1S/C23H23ClN2O6S/c1-30-19-11-18(12-20(13-19)31-2)26-23(27)16-6-9-21(32-3)22(10-16)33(28,29)25-14-15-4-7-17(24)8-5-15/h4-13,25H,14H2,1-3H3,(H,26,27). The summed E-state index contributed by atoms with van der Waals surface area (Å²) in [6.45, 7) is 0.0443. The van der Waals surface area contributed by atoms with Crippen molar-refractivity contribution in [2.45, 2.75) is 11.4 Å². The van der Waals surface area contributed by atoms with Crippen molar-refractivity contribution in [3.8, 4) is 17.2 Å². The van der Waals surface area contributed by atoms with Crippen LogP contribution in [-0.2, 0) is 16.6 Å². The number of sulfonamides is 1. The van der Waals surface area contributed by atoms with Gasteiger partial charge in [0, 0.05) is 41.0 Å². The minimum absolute atomic E-state index is 0.0443. The van der Waals surface area contributed by atoms with Crippen LogP contribution in [0, 0.1) is 0 Å². The van der Waals surface area contributed by atoms with Crippen molar-refractivity contribution < 1.29 is 27.4 Å². The van der Waals surface area contributed by atoms with Gasteiger partial charge in [-0.2, -0.15) is 0 Å². The Hall–Kier alpha value is -3.27. The van der Waals surface area contributed by atoms with E-state index < -0.39 is 15.9 Å². The maximum Gasteiger partial charge on any atom is 0.255 e. The zero-order valence-electron chi connectivity index (χ0n) is 18.2. The molecule has 0 heterocycles. The smallest absolute Gasteiger partial charge is 0.255 e. The number of hydrogen-bond acceptors (Lipinski definition) is 6. The Kier molecular flexibility index (Phi) is 7.80. The summed E-state index contributed by atoms with van der Waals surface area (Å²) in [4.78, 5) is 12.7. The topological polar surface area (TPSA) is 103 Å². The van der Waals surface area contributed by atoms with Gasteiger partial charge in [-0.25, -0.2) is 13.1 Å². The minimum atomic E-state index is -3.99. The zero-order valence-corrected chi connectivity index (χ0v) is 19.8. The van der Waals surface area contributed by atoms with Crippen LogP contribution in [-0.4, -0.2) is 35.7 Å². The molecule has 33 heavy (non-hydrogen) atoms. The van der Waals surface area contributed by atoms with E-state index in [1.807, 2.05) is 0 Å². The fourth-order valence-corrected chi connectivity index (χ4v) is 4.31. The first kappa shape index (κ1) is 24.4. The normalized spacial score (nSPS) is 11.0. The van der Waals surface area contributed by atoms with E-state index >= 15 is 0 Å². The summed E-state index contributed by atoms with van der Waals surface area (Å²) in [6, 6.07) is 15.8. The van der Waals surface area contributed by atoms with Crippen LogP contribution in [0.25, 0.3) is 0 Å². The Morgan fingerprint density at radius 3 is 2.09 bits per heavy atom. The number of methoxy groups -OCH3 is 3. The molecule has 1 amide bonds. The van der Waals surface area contributed by atoms with Gasteiger partial charge in [0.1, 0.15) is 22.1 Å². The predicted molar refractivity (Wildman–Crippen MR) is 126 cm³/mol. The average molecular weight is 491 g/mol. The van der Waals surface area contributed by atoms with Gasteiger partial charge in [0.25, 0.3) is 5.91 Å². The van der Waals surface area contributed by atoms with Gasteiger partial charge in [-0.3, -0.25) is 4.79 Å². The molecule has 0 unspecified atom stereocenters. The van der Waals surface area contributed by atoms with Gasteiger partial charge in [0.2, 0.25) is 10.0 Å². The monoisotopic (exact) mass is 490 g/mol. The first-order valence-corrected chi connectivity index (χ1v) is 11.6. The number of ether oxygens (including phenoxy) is 3. The number of anilines is 1. The van der Waals surface area contributed by atoms with Gasteiger partial charge >= 0.3 is 0 Å². The molecule has 0 aliphatic carbocycles. The highest BCUT2D eigenvalue weighted by Crippen LogP contribution is 2.28. The largest absolute Gasteiger partial charge is 0.497 e. The van der Waals surface area contributed by atoms with Gasteiger partial charge in [-0.1, -0.05) is 23.7 Å². The highest BCUT2D eigenvalue weighted by molar-refractivity contribution is 7.89. The summed E-state index contributed by atoms with van der Waals surface area (Å²) in [7, 11) is 0.363. The number of carbonyl (C=O) groups is 1. The molecule has 0 fully saturated rings. The van der Waals surface area contributed by atoms with Crippen LogP contribution < -0.4 is 24.2 Å². The van der Waals surface area contributed by atoms with Gasteiger partial charge in [0.05, 0.1) is 21.3 Å². The molecule has 0 aromatic heterocycles. The van der Waals surface area contributed by atoms with Crippen molar-refractivity contribution in [2.24, 2.45) is 0 Å². The highest BCUT2D eigenvalue weighted by Gasteiger charge is 2.22. The molecule has 2 N–H and O–H groups in total. The summed E-state index contributed by atoms with van der Waals surface area (Å²) in [6.07, 6.45) is 0. The summed E-state index contributed by atoms with van der Waals surface area (Å²) in [5.74, 6) is 0.586. The fraction of sp³-hybridized carbons (Fsp3) is 0.174. The number of carbonyl (C=O) groups excluding carboxylic acids is 1. The van der Waals surface area contributed by atoms with Crippen molar-refractivity contribution in [1.82, 2.24) is 4.72 Å². The van der Waals surface area contributed by atoms with Crippen LogP contribution in [0.15, 0.2) is 65.6 Å². The Morgan fingerprint density at radius 1 is 0.879 bits per heavy atom. The predicted octanol–water partition coefficient (Wildman–Crippen LogP) is 4.10. The third-order valence-corrected chi connectivity index (χ3v) is 6.38. The second kappa shape index (κ2) is 10.6. The average Bonchev–Trinajstić information content (AvgIpc) is 2.82. The molecule has 0 saturated heterocycles. The molecular formula is C23H23ClN2O6S. The second-order valence-corrected chi connectivity index (χ2v) is 9.04. The van der Waals surface area contributed by atoms with Crippen molar-refractivity contribution in [2.75, 3.05) is 26.6 Å². The lowest BCUT2D eigenvalue weighted by Crippen LogP contribution is -2.24. The molecule has 0 atom stereocenters. The van der Waals surface area contributed by atoms with E-state index in [0.29, 0.717) is 22.2 Å². The van der Waals surface area contributed by atoms with E-state index in [1.165, 1.54) is 39.5 Å². The summed E-state index contributed by atoms with van der Waals surface area (Å²) in [5, 5.41) is 3.27. The highest BCUT2D eigenvalue weighted by atomic mass is 35.5. The van der Waals surface area contributed by atoms with Gasteiger partial charge in [-0.05, 0) is 35.9 Å². The zero-order chi connectivity index (χ0) is 24.0. The lowest BCUT2D eigenvalue weighted by atomic mass is 10.2. The molecule has 3 rings (SSSR count).